The Hall–Kier alpha value is -2.39. The number of nitrogens with two attached hydrogens (primary N) is 1. The molecular weight excluding hydrogens is 399 g/mol. The Bertz CT molecular complexity index is 969. The summed E-state index contributed by atoms with van der Waals surface area (Å²) >= 11 is 1.43. The van der Waals surface area contributed by atoms with Crippen LogP contribution in [0.5, 0.6) is 0 Å². The van der Waals surface area contributed by atoms with Crippen LogP contribution in [-0.4, -0.2) is 45.0 Å². The molecule has 0 radical (unpaired) electrons. The molecule has 2 N–H and O–H groups in total. The van der Waals surface area contributed by atoms with Gasteiger partial charge in [0, 0.05) is 36.3 Å². The van der Waals surface area contributed by atoms with Crippen LogP contribution in [0.2, 0.25) is 0 Å². The number of aromatic nitrogens is 3. The van der Waals surface area contributed by atoms with Crippen molar-refractivity contribution in [2.45, 2.75) is 37.9 Å². The van der Waals surface area contributed by atoms with Crippen LogP contribution in [-0.2, 0) is 0 Å². The third-order valence-corrected chi connectivity index (χ3v) is 6.24. The lowest BCUT2D eigenvalue weighted by Crippen LogP contribution is -2.33. The van der Waals surface area contributed by atoms with Crippen LogP contribution in [0.1, 0.15) is 31.4 Å². The highest BCUT2D eigenvalue weighted by molar-refractivity contribution is 7.13. The Morgan fingerprint density at radius 3 is 2.97 bits per heavy atom. The van der Waals surface area contributed by atoms with Crippen molar-refractivity contribution in [1.29, 1.82) is 0 Å². The van der Waals surface area contributed by atoms with E-state index in [1.807, 2.05) is 5.38 Å². The normalized spacial score (nSPS) is 20.0. The Kier molecular flexibility index (Phi) is 5.35. The van der Waals surface area contributed by atoms with E-state index < -0.39 is 11.7 Å². The molecule has 9 heteroatoms. The molecule has 1 atom stereocenters. The van der Waals surface area contributed by atoms with E-state index in [-0.39, 0.29) is 11.7 Å². The van der Waals surface area contributed by atoms with Crippen molar-refractivity contribution >= 4 is 22.7 Å². The topological polar surface area (TPSA) is 60.0 Å². The van der Waals surface area contributed by atoms with Gasteiger partial charge in [0.25, 0.3) is 0 Å². The molecule has 1 saturated heterocycles. The van der Waals surface area contributed by atoms with Crippen molar-refractivity contribution < 1.29 is 13.2 Å². The van der Waals surface area contributed by atoms with E-state index >= 15 is 0 Å². The fourth-order valence-electron chi connectivity index (χ4n) is 3.85. The molecular formula is C20H22F3N5S. The van der Waals surface area contributed by atoms with E-state index in [1.165, 1.54) is 16.0 Å². The fraction of sp³-hybridized carbons (Fsp3) is 0.400. The minimum absolute atomic E-state index is 0.162. The fourth-order valence-corrected chi connectivity index (χ4v) is 4.66. The van der Waals surface area contributed by atoms with Gasteiger partial charge in [0.1, 0.15) is 5.01 Å². The molecule has 1 aliphatic carbocycles. The average molecular weight is 421 g/mol. The molecule has 1 fully saturated rings. The van der Waals surface area contributed by atoms with Gasteiger partial charge in [0.15, 0.2) is 0 Å². The Balaban J connectivity index is 1.59. The van der Waals surface area contributed by atoms with Gasteiger partial charge in [0.2, 0.25) is 0 Å². The van der Waals surface area contributed by atoms with Crippen molar-refractivity contribution in [1.82, 2.24) is 19.7 Å². The Morgan fingerprint density at radius 1 is 1.38 bits per heavy atom. The zero-order valence-corrected chi connectivity index (χ0v) is 16.6. The summed E-state index contributed by atoms with van der Waals surface area (Å²) in [6, 6.07) is 0.280. The van der Waals surface area contributed by atoms with Crippen molar-refractivity contribution in [2.75, 3.05) is 13.1 Å². The maximum Gasteiger partial charge on any atom is 0.418 e. The molecule has 0 saturated carbocycles. The SMILES string of the molecule is C=C(c1csc(-c2cnn(C3=C(C(F)(F)F)C=CCC3)c2)n1)N1CCCC1CN. The first-order valence-corrected chi connectivity index (χ1v) is 10.4. The predicted molar refractivity (Wildman–Crippen MR) is 109 cm³/mol. The van der Waals surface area contributed by atoms with Gasteiger partial charge >= 0.3 is 6.18 Å². The molecule has 154 valence electrons. The van der Waals surface area contributed by atoms with Crippen LogP contribution in [0.15, 0.2) is 42.1 Å². The van der Waals surface area contributed by atoms with Gasteiger partial charge < -0.3 is 10.6 Å². The van der Waals surface area contributed by atoms with Crippen molar-refractivity contribution in [3.8, 4) is 10.6 Å². The number of alkyl halides is 3. The van der Waals surface area contributed by atoms with Crippen LogP contribution < -0.4 is 5.73 Å². The van der Waals surface area contributed by atoms with Crippen LogP contribution in [0.4, 0.5) is 13.2 Å². The second-order valence-corrected chi connectivity index (χ2v) is 8.04. The lowest BCUT2D eigenvalue weighted by molar-refractivity contribution is -0.0882. The third-order valence-electron chi connectivity index (χ3n) is 5.35. The number of allylic oxidation sites excluding steroid dienone is 4. The highest BCUT2D eigenvalue weighted by atomic mass is 32.1. The highest BCUT2D eigenvalue weighted by Crippen LogP contribution is 2.36. The Morgan fingerprint density at radius 2 is 2.21 bits per heavy atom. The molecule has 0 aromatic carbocycles. The molecule has 2 aromatic rings. The van der Waals surface area contributed by atoms with Crippen molar-refractivity contribution in [3.63, 3.8) is 0 Å². The van der Waals surface area contributed by atoms with E-state index in [4.69, 9.17) is 5.73 Å². The smallest absolute Gasteiger partial charge is 0.366 e. The summed E-state index contributed by atoms with van der Waals surface area (Å²) in [7, 11) is 0. The van der Waals surface area contributed by atoms with E-state index in [2.05, 4.69) is 21.6 Å². The quantitative estimate of drug-likeness (QED) is 0.771. The minimum Gasteiger partial charge on any atom is -0.366 e. The lowest BCUT2D eigenvalue weighted by atomic mass is 10.0. The molecule has 2 aromatic heterocycles. The van der Waals surface area contributed by atoms with Crippen LogP contribution >= 0.6 is 11.3 Å². The monoisotopic (exact) mass is 421 g/mol. The second-order valence-electron chi connectivity index (χ2n) is 7.18. The second kappa shape index (κ2) is 7.79. The lowest BCUT2D eigenvalue weighted by Gasteiger charge is -2.26. The largest absolute Gasteiger partial charge is 0.418 e. The molecule has 0 bridgehead atoms. The first kappa shape index (κ1) is 19.9. The van der Waals surface area contributed by atoms with Gasteiger partial charge in [-0.15, -0.1) is 11.3 Å². The van der Waals surface area contributed by atoms with Crippen LogP contribution in [0.3, 0.4) is 0 Å². The Labute approximate surface area is 171 Å². The summed E-state index contributed by atoms with van der Waals surface area (Å²) in [5.41, 5.74) is 7.67. The van der Waals surface area contributed by atoms with Gasteiger partial charge in [-0.1, -0.05) is 18.7 Å². The van der Waals surface area contributed by atoms with E-state index in [0.29, 0.717) is 30.0 Å². The maximum absolute atomic E-state index is 13.3. The van der Waals surface area contributed by atoms with Crippen LogP contribution in [0.25, 0.3) is 22.0 Å². The minimum atomic E-state index is -4.40. The summed E-state index contributed by atoms with van der Waals surface area (Å²) in [4.78, 5) is 6.84. The van der Waals surface area contributed by atoms with Gasteiger partial charge in [-0.2, -0.15) is 18.3 Å². The maximum atomic E-state index is 13.3. The first-order valence-electron chi connectivity index (χ1n) is 9.52. The molecule has 29 heavy (non-hydrogen) atoms. The number of thiazole rings is 1. The molecule has 1 unspecified atom stereocenters. The first-order chi connectivity index (χ1) is 13.9. The molecule has 0 spiro atoms. The van der Waals surface area contributed by atoms with E-state index in [9.17, 15) is 13.2 Å². The number of rotatable bonds is 5. The number of hydrogen-bond donors (Lipinski definition) is 1. The number of halogens is 3. The van der Waals surface area contributed by atoms with Gasteiger partial charge in [-0.3, -0.25) is 0 Å². The zero-order valence-electron chi connectivity index (χ0n) is 15.8. The highest BCUT2D eigenvalue weighted by Gasteiger charge is 2.36. The third kappa shape index (κ3) is 3.89. The molecule has 1 aliphatic heterocycles. The number of likely N-dealkylation sites (tertiary alicyclic amines) is 1. The molecule has 0 amide bonds. The van der Waals surface area contributed by atoms with Crippen LogP contribution in [0, 0.1) is 0 Å². The summed E-state index contributed by atoms with van der Waals surface area (Å²) in [5, 5.41) is 6.81. The summed E-state index contributed by atoms with van der Waals surface area (Å²) in [5.74, 6) is 0. The standard InChI is InChI=1S/C20H22F3N5S/c1-13(27-8-4-5-15(27)9-24)17-12-29-19(26-17)14-10-25-28(11-14)18-7-3-2-6-16(18)20(21,22)23/h2,6,10-12,15H,1,3-5,7-9,24H2. The van der Waals surface area contributed by atoms with Gasteiger partial charge in [-0.05, 0) is 25.7 Å². The van der Waals surface area contributed by atoms with E-state index in [1.54, 1.807) is 18.5 Å². The zero-order chi connectivity index (χ0) is 20.6. The summed E-state index contributed by atoms with van der Waals surface area (Å²) in [6.45, 7) is 5.67. The van der Waals surface area contributed by atoms with Crippen molar-refractivity contribution in [3.05, 3.63) is 47.8 Å². The summed E-state index contributed by atoms with van der Waals surface area (Å²) < 4.78 is 41.3. The summed E-state index contributed by atoms with van der Waals surface area (Å²) in [6.07, 6.45) is 4.43. The van der Waals surface area contributed by atoms with Gasteiger partial charge in [-0.25, -0.2) is 9.67 Å². The average Bonchev–Trinajstić information content (AvgIpc) is 3.46. The van der Waals surface area contributed by atoms with E-state index in [0.717, 1.165) is 36.9 Å². The van der Waals surface area contributed by atoms with Crippen molar-refractivity contribution in [2.24, 2.45) is 5.73 Å². The number of nitrogens with zero attached hydrogens (tertiary/aromatic N) is 4. The molecule has 3 heterocycles. The predicted octanol–water partition coefficient (Wildman–Crippen LogP) is 4.52. The molecule has 5 nitrogen and oxygen atoms in total. The molecule has 4 rings (SSSR count). The van der Waals surface area contributed by atoms with Gasteiger partial charge in [0.05, 0.1) is 28.9 Å². The molecule has 2 aliphatic rings. The number of hydrogen-bond acceptors (Lipinski definition) is 5.